The van der Waals surface area contributed by atoms with Crippen LogP contribution in [-0.2, 0) is 9.59 Å². The number of carboxylic acids is 2. The van der Waals surface area contributed by atoms with E-state index in [1.807, 2.05) is 0 Å². The number of hydrogen-bond donors (Lipinski definition) is 1. The smallest absolute Gasteiger partial charge is 0.550 e. The Morgan fingerprint density at radius 1 is 1.25 bits per heavy atom. The molecule has 0 rings (SSSR count). The van der Waals surface area contributed by atoms with Gasteiger partial charge in [-0.25, -0.2) is 0 Å². The largest absolute Gasteiger partial charge is 1.00 e. The number of aliphatic hydroxyl groups is 1. The van der Waals surface area contributed by atoms with Crippen molar-refractivity contribution in [3.63, 3.8) is 0 Å². The van der Waals surface area contributed by atoms with Gasteiger partial charge in [-0.15, -0.1) is 0 Å². The third kappa shape index (κ3) is 10.9. The van der Waals surface area contributed by atoms with Gasteiger partial charge in [-0.05, 0) is 12.8 Å². The van der Waals surface area contributed by atoms with Crippen LogP contribution in [0.15, 0.2) is 0 Å². The van der Waals surface area contributed by atoms with Crippen LogP contribution in [0.1, 0.15) is 12.8 Å². The minimum absolute atomic E-state index is 0. The Balaban J connectivity index is -0.000000405. The van der Waals surface area contributed by atoms with Crippen LogP contribution in [0.25, 0.3) is 0 Å². The van der Waals surface area contributed by atoms with Gasteiger partial charge in [-0.3, -0.25) is 0 Å². The van der Waals surface area contributed by atoms with E-state index in [0.29, 0.717) is 0 Å². The van der Waals surface area contributed by atoms with E-state index in [1.54, 1.807) is 0 Å². The van der Waals surface area contributed by atoms with Crippen LogP contribution in [-0.4, -0.2) is 23.1 Å². The molecule has 58 valence electrons. The summed E-state index contributed by atoms with van der Waals surface area (Å²) in [6.07, 6.45) is -2.56. The van der Waals surface area contributed by atoms with Crippen LogP contribution >= 0.6 is 0 Å². The maximum Gasteiger partial charge on any atom is 1.00 e. The van der Waals surface area contributed by atoms with E-state index in [-0.39, 0.29) is 65.5 Å². The summed E-state index contributed by atoms with van der Waals surface area (Å²) in [6.45, 7) is 0. The van der Waals surface area contributed by atoms with Crippen LogP contribution in [0, 0.1) is 0 Å². The monoisotopic (exact) mass is 197 g/mol. The van der Waals surface area contributed by atoms with Gasteiger partial charge in [0.15, 0.2) is 0 Å². The third-order valence-corrected chi connectivity index (χ3v) is 0.894. The van der Waals surface area contributed by atoms with Crippen LogP contribution in [0.5, 0.6) is 0 Å². The molecule has 0 fully saturated rings. The molecule has 0 aliphatic rings. The zero-order valence-electron chi connectivity index (χ0n) is 7.07. The number of carboxylic acid groups (broad SMARTS) is 2. The van der Waals surface area contributed by atoms with E-state index >= 15 is 0 Å². The predicted octanol–water partition coefficient (Wildman–Crippen LogP) is -9.36. The predicted molar refractivity (Wildman–Crippen MR) is 25.3 cm³/mol. The van der Waals surface area contributed by atoms with E-state index in [2.05, 4.69) is 0 Å². The molecule has 0 radical (unpaired) electrons. The summed E-state index contributed by atoms with van der Waals surface area (Å²) in [6, 6.07) is 0. The Hall–Kier alpha value is 0.900. The number of carbonyl (C=O) groups excluding carboxylic acids is 2. The fourth-order valence-corrected chi connectivity index (χ4v) is 0.372. The zero-order valence-corrected chi connectivity index (χ0v) is 11.1. The van der Waals surface area contributed by atoms with Crippen molar-refractivity contribution in [1.82, 2.24) is 0 Å². The van der Waals surface area contributed by atoms with Crippen molar-refractivity contribution in [2.75, 3.05) is 0 Å². The van der Waals surface area contributed by atoms with E-state index in [1.165, 1.54) is 0 Å². The maximum absolute atomic E-state index is 9.74. The first-order chi connectivity index (χ1) is 4.54. The molecule has 0 saturated heterocycles. The van der Waals surface area contributed by atoms with Gasteiger partial charge < -0.3 is 24.9 Å². The van der Waals surface area contributed by atoms with E-state index in [0.717, 1.165) is 0 Å². The molecule has 7 heteroatoms. The van der Waals surface area contributed by atoms with Gasteiger partial charge in [0, 0.05) is 5.97 Å². The molecule has 1 atom stereocenters. The topological polar surface area (TPSA) is 100 Å². The molecule has 0 saturated carbocycles. The maximum atomic E-state index is 9.74. The second-order valence-electron chi connectivity index (χ2n) is 1.75. The molecule has 0 amide bonds. The first-order valence-electron chi connectivity index (χ1n) is 2.63. The van der Waals surface area contributed by atoms with Gasteiger partial charge in [0.05, 0.1) is 12.1 Å². The van der Waals surface area contributed by atoms with E-state index in [9.17, 15) is 19.8 Å². The second-order valence-corrected chi connectivity index (χ2v) is 1.75. The molecular weight excluding hydrogens is 191 g/mol. The van der Waals surface area contributed by atoms with Crippen LogP contribution < -0.4 is 69.3 Å². The average molecular weight is 197 g/mol. The summed E-state index contributed by atoms with van der Waals surface area (Å²) in [7, 11) is 0. The zero-order chi connectivity index (χ0) is 8.15. The molecule has 1 N–H and O–H groups in total. The van der Waals surface area contributed by atoms with E-state index in [4.69, 9.17) is 5.11 Å². The molecule has 0 aliphatic heterocycles. The SMILES string of the molecule is O=[13C]([O-])[13CH2][13CH2][13C@@H](O)[13C](=O)[O-].[Na+].[Na+]. The fourth-order valence-electron chi connectivity index (χ4n) is 0.372. The van der Waals surface area contributed by atoms with Gasteiger partial charge in [-0.1, -0.05) is 0 Å². The van der Waals surface area contributed by atoms with Crippen molar-refractivity contribution in [3.05, 3.63) is 0 Å². The summed E-state index contributed by atoms with van der Waals surface area (Å²) in [5.41, 5.74) is 0. The summed E-state index contributed by atoms with van der Waals surface area (Å²) in [5.74, 6) is -3.05. The molecule has 0 spiro atoms. The molecule has 0 aromatic carbocycles. The summed E-state index contributed by atoms with van der Waals surface area (Å²) < 4.78 is 0. The van der Waals surface area contributed by atoms with Gasteiger partial charge in [0.1, 0.15) is 0 Å². The summed E-state index contributed by atoms with van der Waals surface area (Å²) in [5, 5.41) is 27.9. The molecule has 0 heterocycles. The van der Waals surface area contributed by atoms with Gasteiger partial charge in [-0.2, -0.15) is 0 Å². The first kappa shape index (κ1) is 18.6. The molecule has 0 unspecified atom stereocenters. The molecule has 0 bridgehead atoms. The Morgan fingerprint density at radius 3 is 1.92 bits per heavy atom. The summed E-state index contributed by atoms with van der Waals surface area (Å²) >= 11 is 0. The van der Waals surface area contributed by atoms with Crippen molar-refractivity contribution in [2.24, 2.45) is 0 Å². The minimum Gasteiger partial charge on any atom is -0.550 e. The Morgan fingerprint density at radius 2 is 1.67 bits per heavy atom. The number of aliphatic hydroxyl groups excluding tert-OH is 1. The van der Waals surface area contributed by atoms with Crippen molar-refractivity contribution < 1.29 is 84.0 Å². The normalized spacial score (nSPS) is 10.4. The van der Waals surface area contributed by atoms with Crippen molar-refractivity contribution in [2.45, 2.75) is 18.9 Å². The average Bonchev–Trinajstić information content (AvgIpc) is 1.82. The van der Waals surface area contributed by atoms with Crippen molar-refractivity contribution >= 4 is 11.9 Å². The summed E-state index contributed by atoms with van der Waals surface area (Å²) in [4.78, 5) is 19.4. The van der Waals surface area contributed by atoms with Gasteiger partial charge >= 0.3 is 59.1 Å². The molecule has 0 aromatic rings. The Kier molecular flexibility index (Phi) is 15.5. The number of hydrogen-bond acceptors (Lipinski definition) is 5. The fraction of sp³-hybridized carbons (Fsp3) is 0.600. The minimum atomic E-state index is -1.71. The molecule has 12 heavy (non-hydrogen) atoms. The number of aliphatic carboxylic acids is 2. The quantitative estimate of drug-likeness (QED) is 0.356. The van der Waals surface area contributed by atoms with Crippen molar-refractivity contribution in [3.8, 4) is 0 Å². The van der Waals surface area contributed by atoms with Gasteiger partial charge in [0.2, 0.25) is 0 Å². The molecule has 0 aliphatic carbocycles. The standard InChI is InChI=1S/C5H8O5.2Na/c6-3(5(9)10)1-2-4(7)8;;/h3,6H,1-2H2,(H,7,8)(H,9,10);;/q;2*+1/p-2/t3-;;/m1../s1/i1+1,2+1,3+1,4+1,5+1;;. The van der Waals surface area contributed by atoms with E-state index < -0.39 is 24.5 Å². The number of rotatable bonds is 4. The third-order valence-electron chi connectivity index (χ3n) is 0.894. The van der Waals surface area contributed by atoms with Crippen LogP contribution in [0.2, 0.25) is 0 Å². The first-order valence-corrected chi connectivity index (χ1v) is 2.63. The van der Waals surface area contributed by atoms with Crippen LogP contribution in [0.3, 0.4) is 0 Å². The Labute approximate surface area is 114 Å². The molecule has 0 aromatic heterocycles. The molecule has 5 nitrogen and oxygen atoms in total. The second kappa shape index (κ2) is 9.98. The number of carbonyl (C=O) groups is 2. The molecular formula is C5H6Na2O5. The van der Waals surface area contributed by atoms with Gasteiger partial charge in [0.25, 0.3) is 0 Å². The van der Waals surface area contributed by atoms with Crippen LogP contribution in [0.4, 0.5) is 0 Å². The Bertz CT molecular complexity index is 149. The van der Waals surface area contributed by atoms with Crippen molar-refractivity contribution in [1.29, 1.82) is 0 Å².